The van der Waals surface area contributed by atoms with E-state index in [-0.39, 0.29) is 18.3 Å². The second-order valence-electron chi connectivity index (χ2n) is 4.68. The standard InChI is InChI=1S/C14H14ClNO.ClH/c15-12-4-2-1-3-11(12)9-13-14(17)10-5-7-16(13)8-6-10;/h1-4,9-10H,5-8H2;1H/b13-9-;. The molecular formula is C14H15Cl2NO. The van der Waals surface area contributed by atoms with Crippen molar-refractivity contribution in [3.8, 4) is 0 Å². The molecule has 2 nitrogen and oxygen atoms in total. The van der Waals surface area contributed by atoms with Crippen LogP contribution in [-0.2, 0) is 4.79 Å². The predicted octanol–water partition coefficient (Wildman–Crippen LogP) is 3.40. The maximum atomic E-state index is 12.1. The Kier molecular flexibility index (Phi) is 3.98. The summed E-state index contributed by atoms with van der Waals surface area (Å²) >= 11 is 6.12. The van der Waals surface area contributed by atoms with Gasteiger partial charge in [0.2, 0.25) is 0 Å². The highest BCUT2D eigenvalue weighted by Crippen LogP contribution is 2.33. The van der Waals surface area contributed by atoms with E-state index in [9.17, 15) is 4.79 Å². The second-order valence-corrected chi connectivity index (χ2v) is 5.08. The van der Waals surface area contributed by atoms with E-state index in [1.807, 2.05) is 30.3 Å². The van der Waals surface area contributed by atoms with E-state index in [4.69, 9.17) is 11.6 Å². The summed E-state index contributed by atoms with van der Waals surface area (Å²) < 4.78 is 0. The van der Waals surface area contributed by atoms with Crippen molar-refractivity contribution in [3.63, 3.8) is 0 Å². The van der Waals surface area contributed by atoms with E-state index in [1.165, 1.54) is 0 Å². The van der Waals surface area contributed by atoms with Crippen molar-refractivity contribution < 1.29 is 4.79 Å². The fraction of sp³-hybridized carbons (Fsp3) is 0.357. The molecule has 1 aromatic carbocycles. The summed E-state index contributed by atoms with van der Waals surface area (Å²) in [6.07, 6.45) is 3.97. The van der Waals surface area contributed by atoms with Crippen molar-refractivity contribution in [2.24, 2.45) is 5.92 Å². The topological polar surface area (TPSA) is 20.3 Å². The van der Waals surface area contributed by atoms with Gasteiger partial charge in [0.05, 0.1) is 5.70 Å². The first-order valence-electron chi connectivity index (χ1n) is 6.01. The number of carbonyl (C=O) groups is 1. The lowest BCUT2D eigenvalue weighted by Crippen LogP contribution is -2.45. The minimum absolute atomic E-state index is 0. The van der Waals surface area contributed by atoms with Crippen molar-refractivity contribution >= 4 is 35.9 Å². The van der Waals surface area contributed by atoms with Gasteiger partial charge in [0.25, 0.3) is 0 Å². The summed E-state index contributed by atoms with van der Waals surface area (Å²) in [7, 11) is 0. The number of carbonyl (C=O) groups excluding carboxylic acids is 1. The number of halogens is 2. The third-order valence-electron chi connectivity index (χ3n) is 3.66. The molecule has 3 fully saturated rings. The van der Waals surface area contributed by atoms with Gasteiger partial charge in [-0.3, -0.25) is 4.79 Å². The van der Waals surface area contributed by atoms with Crippen molar-refractivity contribution in [1.29, 1.82) is 0 Å². The lowest BCUT2D eigenvalue weighted by Gasteiger charge is -2.41. The fourth-order valence-electron chi connectivity index (χ4n) is 2.65. The van der Waals surface area contributed by atoms with Crippen LogP contribution in [0.5, 0.6) is 0 Å². The minimum Gasteiger partial charge on any atom is -0.369 e. The highest BCUT2D eigenvalue weighted by molar-refractivity contribution is 6.32. The largest absolute Gasteiger partial charge is 0.369 e. The molecule has 3 heterocycles. The zero-order valence-electron chi connectivity index (χ0n) is 9.93. The Hall–Kier alpha value is -0.990. The Balaban J connectivity index is 0.00000120. The lowest BCUT2D eigenvalue weighted by molar-refractivity contribution is -0.125. The number of fused-ring (bicyclic) bond motifs is 3. The van der Waals surface area contributed by atoms with Gasteiger partial charge < -0.3 is 4.90 Å². The molecule has 0 amide bonds. The molecule has 3 saturated heterocycles. The van der Waals surface area contributed by atoms with Gasteiger partial charge in [-0.15, -0.1) is 12.4 Å². The summed E-state index contributed by atoms with van der Waals surface area (Å²) in [6.45, 7) is 2.01. The zero-order valence-corrected chi connectivity index (χ0v) is 11.5. The highest BCUT2D eigenvalue weighted by Gasteiger charge is 2.36. The van der Waals surface area contributed by atoms with Crippen molar-refractivity contribution in [2.45, 2.75) is 12.8 Å². The van der Waals surface area contributed by atoms with Gasteiger partial charge >= 0.3 is 0 Å². The van der Waals surface area contributed by atoms with Gasteiger partial charge in [-0.2, -0.15) is 0 Å². The van der Waals surface area contributed by atoms with Gasteiger partial charge in [0, 0.05) is 24.0 Å². The zero-order chi connectivity index (χ0) is 11.8. The molecule has 4 rings (SSSR count). The van der Waals surface area contributed by atoms with E-state index < -0.39 is 0 Å². The van der Waals surface area contributed by atoms with Crippen molar-refractivity contribution in [2.75, 3.05) is 13.1 Å². The molecule has 1 aromatic rings. The Bertz CT molecular complexity index is 490. The predicted molar refractivity (Wildman–Crippen MR) is 76.0 cm³/mol. The van der Waals surface area contributed by atoms with Crippen molar-refractivity contribution in [1.82, 2.24) is 4.90 Å². The second kappa shape index (κ2) is 5.33. The number of benzene rings is 1. The van der Waals surface area contributed by atoms with Crippen LogP contribution in [0.2, 0.25) is 5.02 Å². The van der Waals surface area contributed by atoms with Crippen LogP contribution in [0.15, 0.2) is 30.0 Å². The molecule has 0 saturated carbocycles. The third-order valence-corrected chi connectivity index (χ3v) is 4.00. The van der Waals surface area contributed by atoms with Crippen LogP contribution in [0.3, 0.4) is 0 Å². The summed E-state index contributed by atoms with van der Waals surface area (Å²) in [5.41, 5.74) is 1.78. The van der Waals surface area contributed by atoms with E-state index in [1.54, 1.807) is 0 Å². The van der Waals surface area contributed by atoms with Gasteiger partial charge in [-0.25, -0.2) is 0 Å². The van der Waals surface area contributed by atoms with E-state index in [0.29, 0.717) is 10.8 Å². The summed E-state index contributed by atoms with van der Waals surface area (Å²) in [5.74, 6) is 0.538. The number of allylic oxidation sites excluding steroid dienone is 1. The first kappa shape index (κ1) is 13.4. The third kappa shape index (κ3) is 2.27. The normalized spacial score (nSPS) is 21.3. The Labute approximate surface area is 118 Å². The maximum Gasteiger partial charge on any atom is 0.182 e. The van der Waals surface area contributed by atoms with Crippen molar-refractivity contribution in [3.05, 3.63) is 40.5 Å². The summed E-state index contributed by atoms with van der Waals surface area (Å²) in [4.78, 5) is 14.3. The lowest BCUT2D eigenvalue weighted by atomic mass is 9.84. The molecule has 0 spiro atoms. The molecule has 0 aromatic heterocycles. The van der Waals surface area contributed by atoms with Crippen LogP contribution in [0.4, 0.5) is 0 Å². The molecular weight excluding hydrogens is 269 g/mol. The Morgan fingerprint density at radius 1 is 1.22 bits per heavy atom. The van der Waals surface area contributed by atoms with E-state index in [0.717, 1.165) is 37.2 Å². The molecule has 0 unspecified atom stereocenters. The SMILES string of the molecule is Cl.O=C1/C(=C/c2ccccc2Cl)N2CCC1CC2. The molecule has 0 N–H and O–H groups in total. The maximum absolute atomic E-state index is 12.1. The number of Topliss-reactive ketones (excluding diaryl/α,β-unsaturated/α-hetero) is 1. The first-order chi connectivity index (χ1) is 8.25. The smallest absolute Gasteiger partial charge is 0.182 e. The van der Waals surface area contributed by atoms with Crippen LogP contribution >= 0.6 is 24.0 Å². The summed E-state index contributed by atoms with van der Waals surface area (Å²) in [6, 6.07) is 7.65. The van der Waals surface area contributed by atoms with Crippen LogP contribution in [0.1, 0.15) is 18.4 Å². The molecule has 2 bridgehead atoms. The molecule has 0 aliphatic carbocycles. The fourth-order valence-corrected chi connectivity index (χ4v) is 2.84. The molecule has 3 aliphatic heterocycles. The molecule has 0 radical (unpaired) electrons. The Morgan fingerprint density at radius 3 is 2.50 bits per heavy atom. The summed E-state index contributed by atoms with van der Waals surface area (Å²) in [5, 5.41) is 0.704. The van der Waals surface area contributed by atoms with Gasteiger partial charge in [-0.1, -0.05) is 29.8 Å². The Morgan fingerprint density at radius 2 is 1.89 bits per heavy atom. The molecule has 0 atom stereocenters. The van der Waals surface area contributed by atoms with Crippen LogP contribution in [0, 0.1) is 5.92 Å². The number of ketones is 1. The van der Waals surface area contributed by atoms with Gasteiger partial charge in [0.15, 0.2) is 5.78 Å². The average Bonchev–Trinajstić information content (AvgIpc) is 2.36. The van der Waals surface area contributed by atoms with Crippen LogP contribution < -0.4 is 0 Å². The first-order valence-corrected chi connectivity index (χ1v) is 6.39. The molecule has 96 valence electrons. The number of hydrogen-bond acceptors (Lipinski definition) is 2. The minimum atomic E-state index is 0. The molecule has 4 heteroatoms. The van der Waals surface area contributed by atoms with Crippen LogP contribution in [-0.4, -0.2) is 23.8 Å². The average molecular weight is 284 g/mol. The monoisotopic (exact) mass is 283 g/mol. The van der Waals surface area contributed by atoms with Gasteiger partial charge in [-0.05, 0) is 30.5 Å². The number of rotatable bonds is 1. The number of hydrogen-bond donors (Lipinski definition) is 0. The number of piperidine rings is 3. The molecule has 18 heavy (non-hydrogen) atoms. The quantitative estimate of drug-likeness (QED) is 0.737. The van der Waals surface area contributed by atoms with E-state index >= 15 is 0 Å². The molecule has 3 aliphatic rings. The van der Waals surface area contributed by atoms with Gasteiger partial charge in [0.1, 0.15) is 0 Å². The number of nitrogens with zero attached hydrogens (tertiary/aromatic N) is 1. The highest BCUT2D eigenvalue weighted by atomic mass is 35.5. The van der Waals surface area contributed by atoms with E-state index in [2.05, 4.69) is 4.90 Å². The van der Waals surface area contributed by atoms with Crippen LogP contribution in [0.25, 0.3) is 6.08 Å².